The van der Waals surface area contributed by atoms with Crippen LogP contribution in [0, 0.1) is 5.92 Å². The number of benzene rings is 2. The zero-order chi connectivity index (χ0) is 24.2. The van der Waals surface area contributed by atoms with Crippen LogP contribution in [0.25, 0.3) is 11.1 Å². The van der Waals surface area contributed by atoms with Crippen LogP contribution >= 0.6 is 0 Å². The number of hydrogen-bond donors (Lipinski definition) is 0. The molecule has 0 aliphatic carbocycles. The van der Waals surface area contributed by atoms with Crippen molar-refractivity contribution in [2.45, 2.75) is 70.9 Å². The minimum atomic E-state index is -4.30. The van der Waals surface area contributed by atoms with E-state index in [1.807, 2.05) is 12.1 Å². The lowest BCUT2D eigenvalue weighted by Crippen LogP contribution is -2.33. The van der Waals surface area contributed by atoms with Crippen molar-refractivity contribution in [2.75, 3.05) is 24.6 Å². The normalized spacial score (nSPS) is 15.2. The molecule has 0 atom stereocenters. The molecule has 0 N–H and O–H groups in total. The summed E-state index contributed by atoms with van der Waals surface area (Å²) in [6.45, 7) is 4.43. The fourth-order valence-corrected chi connectivity index (χ4v) is 4.63. The van der Waals surface area contributed by atoms with Crippen molar-refractivity contribution >= 4 is 5.69 Å². The van der Waals surface area contributed by atoms with Gasteiger partial charge < -0.3 is 9.64 Å². The van der Waals surface area contributed by atoms with Crippen molar-refractivity contribution in [1.29, 1.82) is 0 Å². The van der Waals surface area contributed by atoms with E-state index in [4.69, 9.17) is 4.74 Å². The maximum atomic E-state index is 12.1. The van der Waals surface area contributed by atoms with E-state index in [1.165, 1.54) is 63.5 Å². The van der Waals surface area contributed by atoms with Crippen molar-refractivity contribution < 1.29 is 17.9 Å². The molecule has 0 spiro atoms. The molecule has 186 valence electrons. The molecule has 2 aromatic carbocycles. The zero-order valence-corrected chi connectivity index (χ0v) is 20.3. The van der Waals surface area contributed by atoms with E-state index in [0.717, 1.165) is 36.2 Å². The third-order valence-corrected chi connectivity index (χ3v) is 6.65. The van der Waals surface area contributed by atoms with Gasteiger partial charge in [-0.05, 0) is 60.2 Å². The van der Waals surface area contributed by atoms with Crippen LogP contribution < -0.4 is 9.64 Å². The number of allylic oxidation sites excluding steroid dienone is 1. The number of piperidine rings is 1. The summed E-state index contributed by atoms with van der Waals surface area (Å²) in [5.74, 6) is 1.43. The minimum Gasteiger partial charge on any atom is -0.490 e. The molecule has 2 aromatic rings. The molecule has 0 amide bonds. The number of halogens is 3. The number of ether oxygens (including phenoxy) is 1. The number of hydrogen-bond acceptors (Lipinski definition) is 2. The van der Waals surface area contributed by atoms with Crippen LogP contribution in [0.2, 0.25) is 0 Å². The summed E-state index contributed by atoms with van der Waals surface area (Å²) >= 11 is 0. The largest absolute Gasteiger partial charge is 0.490 e. The highest BCUT2D eigenvalue weighted by Crippen LogP contribution is 2.29. The van der Waals surface area contributed by atoms with Gasteiger partial charge in [0.2, 0.25) is 0 Å². The van der Waals surface area contributed by atoms with Gasteiger partial charge in [0.15, 0.2) is 0 Å². The Kier molecular flexibility index (Phi) is 10.4. The topological polar surface area (TPSA) is 12.5 Å². The van der Waals surface area contributed by atoms with Crippen LogP contribution in [0.15, 0.2) is 60.7 Å². The Bertz CT molecular complexity index is 850. The first-order valence-corrected chi connectivity index (χ1v) is 12.8. The van der Waals surface area contributed by atoms with E-state index in [0.29, 0.717) is 5.75 Å². The summed E-state index contributed by atoms with van der Waals surface area (Å²) in [5.41, 5.74) is 3.45. The maximum Gasteiger partial charge on any atom is 0.409 e. The Hall–Kier alpha value is -2.43. The molecule has 2 nitrogen and oxygen atoms in total. The molecule has 1 heterocycles. The first kappa shape index (κ1) is 26.2. The SMILES string of the molecule is CCCCCCCCC1CCN(c2ccc(-c3ccc(OC/C=C/C(F)(F)F)cc3)cc2)CC1. The molecule has 0 radical (unpaired) electrons. The van der Waals surface area contributed by atoms with Crippen LogP contribution in [-0.2, 0) is 0 Å². The van der Waals surface area contributed by atoms with Gasteiger partial charge in [0.1, 0.15) is 12.4 Å². The quantitative estimate of drug-likeness (QED) is 0.225. The molecular formula is C29H38F3NO. The van der Waals surface area contributed by atoms with E-state index >= 15 is 0 Å². The van der Waals surface area contributed by atoms with Crippen molar-refractivity contribution in [3.05, 3.63) is 60.7 Å². The second-order valence-electron chi connectivity index (χ2n) is 9.31. The summed E-state index contributed by atoms with van der Waals surface area (Å²) in [6, 6.07) is 16.1. The Morgan fingerprint density at radius 1 is 0.853 bits per heavy atom. The highest BCUT2D eigenvalue weighted by Gasteiger charge is 2.21. The number of unbranched alkanes of at least 4 members (excludes halogenated alkanes) is 5. The number of alkyl halides is 3. The van der Waals surface area contributed by atoms with Crippen molar-refractivity contribution in [3.8, 4) is 16.9 Å². The average molecular weight is 474 g/mol. The Morgan fingerprint density at radius 3 is 2.06 bits per heavy atom. The van der Waals surface area contributed by atoms with Crippen LogP contribution in [0.5, 0.6) is 5.75 Å². The van der Waals surface area contributed by atoms with Crippen molar-refractivity contribution in [1.82, 2.24) is 0 Å². The highest BCUT2D eigenvalue weighted by atomic mass is 19.4. The number of nitrogens with zero attached hydrogens (tertiary/aromatic N) is 1. The van der Waals surface area contributed by atoms with E-state index in [9.17, 15) is 13.2 Å². The fraction of sp³-hybridized carbons (Fsp3) is 0.517. The summed E-state index contributed by atoms with van der Waals surface area (Å²) < 4.78 is 41.7. The molecular weight excluding hydrogens is 435 g/mol. The molecule has 5 heteroatoms. The van der Waals surface area contributed by atoms with Crippen LogP contribution in [0.3, 0.4) is 0 Å². The van der Waals surface area contributed by atoms with E-state index in [-0.39, 0.29) is 12.7 Å². The zero-order valence-electron chi connectivity index (χ0n) is 20.3. The lowest BCUT2D eigenvalue weighted by atomic mass is 9.90. The molecule has 3 rings (SSSR count). The van der Waals surface area contributed by atoms with Crippen molar-refractivity contribution in [2.24, 2.45) is 5.92 Å². The monoisotopic (exact) mass is 473 g/mol. The van der Waals surface area contributed by atoms with Gasteiger partial charge in [0, 0.05) is 24.9 Å². The summed E-state index contributed by atoms with van der Waals surface area (Å²) in [6.07, 6.45) is 9.09. The summed E-state index contributed by atoms with van der Waals surface area (Å²) in [7, 11) is 0. The van der Waals surface area contributed by atoms with Gasteiger partial charge in [-0.15, -0.1) is 0 Å². The second-order valence-corrected chi connectivity index (χ2v) is 9.31. The Morgan fingerprint density at radius 2 is 1.44 bits per heavy atom. The molecule has 1 fully saturated rings. The first-order valence-electron chi connectivity index (χ1n) is 12.8. The molecule has 0 saturated carbocycles. The Labute approximate surface area is 202 Å². The highest BCUT2D eigenvalue weighted by molar-refractivity contribution is 5.67. The lowest BCUT2D eigenvalue weighted by Gasteiger charge is -2.33. The van der Waals surface area contributed by atoms with Crippen molar-refractivity contribution in [3.63, 3.8) is 0 Å². The number of rotatable bonds is 12. The second kappa shape index (κ2) is 13.5. The predicted molar refractivity (Wildman–Crippen MR) is 135 cm³/mol. The molecule has 34 heavy (non-hydrogen) atoms. The third-order valence-electron chi connectivity index (χ3n) is 6.65. The third kappa shape index (κ3) is 9.08. The van der Waals surface area contributed by atoms with Gasteiger partial charge in [-0.2, -0.15) is 13.2 Å². The van der Waals surface area contributed by atoms with Gasteiger partial charge in [-0.25, -0.2) is 0 Å². The Balaban J connectivity index is 1.41. The fourth-order valence-electron chi connectivity index (χ4n) is 4.63. The van der Waals surface area contributed by atoms with Gasteiger partial charge in [-0.3, -0.25) is 0 Å². The van der Waals surface area contributed by atoms with E-state index in [2.05, 4.69) is 36.1 Å². The predicted octanol–water partition coefficient (Wildman–Crippen LogP) is 8.82. The van der Waals surface area contributed by atoms with Crippen LogP contribution in [0.1, 0.15) is 64.7 Å². The molecule has 0 aromatic heterocycles. The van der Waals surface area contributed by atoms with E-state index in [1.54, 1.807) is 12.1 Å². The lowest BCUT2D eigenvalue weighted by molar-refractivity contribution is -0.0801. The summed E-state index contributed by atoms with van der Waals surface area (Å²) in [5, 5.41) is 0. The molecule has 1 saturated heterocycles. The molecule has 1 aliphatic heterocycles. The van der Waals surface area contributed by atoms with Gasteiger partial charge >= 0.3 is 6.18 Å². The molecule has 1 aliphatic rings. The average Bonchev–Trinajstić information content (AvgIpc) is 2.84. The maximum absolute atomic E-state index is 12.1. The van der Waals surface area contributed by atoms with Crippen LogP contribution in [0.4, 0.5) is 18.9 Å². The van der Waals surface area contributed by atoms with Gasteiger partial charge in [-0.1, -0.05) is 76.1 Å². The van der Waals surface area contributed by atoms with E-state index < -0.39 is 6.18 Å². The van der Waals surface area contributed by atoms with Gasteiger partial charge in [0.25, 0.3) is 0 Å². The summed E-state index contributed by atoms with van der Waals surface area (Å²) in [4.78, 5) is 2.49. The van der Waals surface area contributed by atoms with Gasteiger partial charge in [0.05, 0.1) is 0 Å². The first-order chi connectivity index (χ1) is 16.4. The smallest absolute Gasteiger partial charge is 0.409 e. The standard InChI is InChI=1S/C29H38F3NO/c1-2-3-4-5-6-7-9-24-18-21-33(22-19-24)27-14-10-25(11-15-27)26-12-16-28(17-13-26)34-23-8-20-29(30,31)32/h8,10-17,20,24H,2-7,9,18-19,21-23H2,1H3/b20-8+. The minimum absolute atomic E-state index is 0.108. The molecule has 0 bridgehead atoms. The molecule has 0 unspecified atom stereocenters. The van der Waals surface area contributed by atoms with Crippen LogP contribution in [-0.4, -0.2) is 25.9 Å². The number of anilines is 1.